The van der Waals surface area contributed by atoms with Crippen LogP contribution in [0.3, 0.4) is 0 Å². The molecule has 7 heteroatoms. The molecule has 33 heavy (non-hydrogen) atoms. The van der Waals surface area contributed by atoms with Crippen LogP contribution in [-0.2, 0) is 30.5 Å². The van der Waals surface area contributed by atoms with Crippen LogP contribution in [0.2, 0.25) is 13.1 Å². The van der Waals surface area contributed by atoms with Crippen molar-refractivity contribution >= 4 is 21.0 Å². The normalized spacial score (nSPS) is 20.1. The molecule has 1 aliphatic heterocycles. The lowest BCUT2D eigenvalue weighted by Gasteiger charge is -2.28. The molecule has 1 fully saturated rings. The monoisotopic (exact) mass is 473 g/mol. The second-order valence-electron chi connectivity index (χ2n) is 10.4. The van der Waals surface area contributed by atoms with Gasteiger partial charge in [0.1, 0.15) is 5.75 Å². The van der Waals surface area contributed by atoms with Crippen molar-refractivity contribution in [1.82, 2.24) is 0 Å². The van der Waals surface area contributed by atoms with Crippen LogP contribution in [0, 0.1) is 18.3 Å². The van der Waals surface area contributed by atoms with Crippen molar-refractivity contribution in [1.29, 1.82) is 0 Å². The lowest BCUT2D eigenvalue weighted by Crippen LogP contribution is -2.24. The summed E-state index contributed by atoms with van der Waals surface area (Å²) in [4.78, 5) is 25.3. The second kappa shape index (κ2) is 9.26. The number of cyclic esters (lactones) is 1. The minimum atomic E-state index is -1.08. The van der Waals surface area contributed by atoms with Gasteiger partial charge in [0.2, 0.25) is 15.3 Å². The first kappa shape index (κ1) is 25.5. The van der Waals surface area contributed by atoms with E-state index >= 15 is 0 Å². The first-order valence-corrected chi connectivity index (χ1v) is 14.0. The highest BCUT2D eigenvalue weighted by atomic mass is 28.3. The van der Waals surface area contributed by atoms with E-state index in [4.69, 9.17) is 18.6 Å². The number of carbonyl (C=O) groups is 2. The van der Waals surface area contributed by atoms with E-state index < -0.39 is 20.7 Å². The standard InChI is InChI=1S/C26H37O6Si/c1-15(26(13-14-26)24(28)30-7)11-10-12-17-20(25(3,4)5)19-18(16(2)21(17)29-6)23(31-22(19)27)32-33(8)9/h10-11,15,23H,12-14H2,1-9H3. The Morgan fingerprint density at radius 1 is 1.27 bits per heavy atom. The molecule has 0 spiro atoms. The first-order chi connectivity index (χ1) is 15.4. The number of allylic oxidation sites excluding steroid dienone is 2. The highest BCUT2D eigenvalue weighted by molar-refractivity contribution is 6.48. The summed E-state index contributed by atoms with van der Waals surface area (Å²) in [5.74, 6) is 0.359. The summed E-state index contributed by atoms with van der Waals surface area (Å²) in [5, 5.41) is 0. The third-order valence-electron chi connectivity index (χ3n) is 6.79. The summed E-state index contributed by atoms with van der Waals surface area (Å²) in [6, 6.07) is 0. The van der Waals surface area contributed by atoms with E-state index in [0.717, 1.165) is 40.8 Å². The Labute approximate surface area is 199 Å². The molecular formula is C26H37O6Si. The highest BCUT2D eigenvalue weighted by Crippen LogP contribution is 2.53. The van der Waals surface area contributed by atoms with Gasteiger partial charge in [-0.2, -0.15) is 0 Å². The summed E-state index contributed by atoms with van der Waals surface area (Å²) in [7, 11) is 2.03. The summed E-state index contributed by atoms with van der Waals surface area (Å²) in [6.07, 6.45) is 5.77. The van der Waals surface area contributed by atoms with Crippen molar-refractivity contribution in [3.05, 3.63) is 40.0 Å². The molecule has 1 aromatic carbocycles. The largest absolute Gasteiger partial charge is 0.496 e. The van der Waals surface area contributed by atoms with E-state index in [-0.39, 0.29) is 23.3 Å². The van der Waals surface area contributed by atoms with E-state index in [9.17, 15) is 9.59 Å². The first-order valence-electron chi connectivity index (χ1n) is 11.6. The summed E-state index contributed by atoms with van der Waals surface area (Å²) in [6.45, 7) is 14.4. The zero-order chi connectivity index (χ0) is 24.7. The van der Waals surface area contributed by atoms with E-state index in [1.807, 2.05) is 20.0 Å². The number of ether oxygens (including phenoxy) is 3. The minimum absolute atomic E-state index is 0.0713. The number of methoxy groups -OCH3 is 2. The molecule has 0 aromatic heterocycles. The SMILES string of the molecule is COC(=O)C1(C(C)C=CCc2c(OC)c(C)c3c(c2C(C)(C)C)C(=O)OC3O[Si](C)C)CC1. The van der Waals surface area contributed by atoms with Crippen LogP contribution >= 0.6 is 0 Å². The lowest BCUT2D eigenvalue weighted by atomic mass is 9.76. The molecule has 2 aliphatic rings. The maximum atomic E-state index is 13.1. The predicted octanol–water partition coefficient (Wildman–Crippen LogP) is 5.43. The fraction of sp³-hybridized carbons (Fsp3) is 0.615. The van der Waals surface area contributed by atoms with Gasteiger partial charge in [-0.15, -0.1) is 0 Å². The van der Waals surface area contributed by atoms with Crippen LogP contribution in [0.25, 0.3) is 0 Å². The molecule has 3 rings (SSSR count). The van der Waals surface area contributed by atoms with Crippen LogP contribution in [0.4, 0.5) is 0 Å². The van der Waals surface area contributed by atoms with Crippen molar-refractivity contribution in [2.45, 2.75) is 78.7 Å². The Bertz CT molecular complexity index is 968. The number of carbonyl (C=O) groups excluding carboxylic acids is 2. The third kappa shape index (κ3) is 4.62. The molecule has 1 radical (unpaired) electrons. The van der Waals surface area contributed by atoms with Crippen molar-refractivity contribution in [2.24, 2.45) is 11.3 Å². The molecule has 2 atom stereocenters. The molecule has 1 aromatic rings. The fourth-order valence-electron chi connectivity index (χ4n) is 5.01. The Kier molecular flexibility index (Phi) is 7.15. The van der Waals surface area contributed by atoms with E-state index in [2.05, 4.69) is 39.8 Å². The number of rotatable bonds is 8. The van der Waals surface area contributed by atoms with Crippen LogP contribution in [0.15, 0.2) is 12.2 Å². The number of esters is 2. The van der Waals surface area contributed by atoms with E-state index in [1.54, 1.807) is 7.11 Å². The van der Waals surface area contributed by atoms with Crippen LogP contribution in [0.1, 0.15) is 79.4 Å². The number of benzene rings is 1. The molecule has 0 amide bonds. The van der Waals surface area contributed by atoms with Gasteiger partial charge in [-0.05, 0) is 56.2 Å². The van der Waals surface area contributed by atoms with Crippen LogP contribution in [0.5, 0.6) is 5.75 Å². The summed E-state index contributed by atoms with van der Waals surface area (Å²) in [5.41, 5.74) is 3.47. The van der Waals surface area contributed by atoms with E-state index in [1.165, 1.54) is 7.11 Å². The van der Waals surface area contributed by atoms with Crippen molar-refractivity contribution in [2.75, 3.05) is 14.2 Å². The van der Waals surface area contributed by atoms with Crippen molar-refractivity contribution in [3.8, 4) is 5.75 Å². The fourth-order valence-corrected chi connectivity index (χ4v) is 5.60. The molecule has 0 bridgehead atoms. The third-order valence-corrected chi connectivity index (χ3v) is 7.48. The average molecular weight is 474 g/mol. The molecule has 1 heterocycles. The van der Waals surface area contributed by atoms with Crippen molar-refractivity contribution < 1.29 is 28.2 Å². The highest BCUT2D eigenvalue weighted by Gasteiger charge is 2.54. The van der Waals surface area contributed by atoms with Gasteiger partial charge in [0.15, 0.2) is 0 Å². The average Bonchev–Trinajstić information content (AvgIpc) is 3.47. The van der Waals surface area contributed by atoms with Gasteiger partial charge >= 0.3 is 11.9 Å². The number of fused-ring (bicyclic) bond motifs is 1. The topological polar surface area (TPSA) is 71.1 Å². The number of hydrogen-bond donors (Lipinski definition) is 0. The predicted molar refractivity (Wildman–Crippen MR) is 129 cm³/mol. The molecule has 1 aliphatic carbocycles. The van der Waals surface area contributed by atoms with Gasteiger partial charge in [-0.25, -0.2) is 4.79 Å². The smallest absolute Gasteiger partial charge is 0.341 e. The molecular weight excluding hydrogens is 436 g/mol. The quantitative estimate of drug-likeness (QED) is 0.285. The van der Waals surface area contributed by atoms with Crippen molar-refractivity contribution in [3.63, 3.8) is 0 Å². The van der Waals surface area contributed by atoms with Gasteiger partial charge in [-0.1, -0.05) is 39.8 Å². The Morgan fingerprint density at radius 2 is 1.91 bits per heavy atom. The summed E-state index contributed by atoms with van der Waals surface area (Å²) < 4.78 is 22.6. The Hall–Kier alpha value is -2.12. The van der Waals surface area contributed by atoms with Gasteiger partial charge < -0.3 is 18.6 Å². The summed E-state index contributed by atoms with van der Waals surface area (Å²) >= 11 is 0. The zero-order valence-corrected chi connectivity index (χ0v) is 22.4. The molecule has 0 N–H and O–H groups in total. The van der Waals surface area contributed by atoms with Crippen LogP contribution < -0.4 is 4.74 Å². The molecule has 6 nitrogen and oxygen atoms in total. The zero-order valence-electron chi connectivity index (χ0n) is 21.4. The van der Waals surface area contributed by atoms with Gasteiger partial charge in [0.05, 0.1) is 25.2 Å². The minimum Gasteiger partial charge on any atom is -0.496 e. The maximum absolute atomic E-state index is 13.1. The molecule has 2 unspecified atom stereocenters. The van der Waals surface area contributed by atoms with Gasteiger partial charge in [0.25, 0.3) is 0 Å². The van der Waals surface area contributed by atoms with Gasteiger partial charge in [-0.3, -0.25) is 4.79 Å². The Morgan fingerprint density at radius 3 is 2.39 bits per heavy atom. The molecule has 181 valence electrons. The van der Waals surface area contributed by atoms with Gasteiger partial charge in [0, 0.05) is 16.7 Å². The lowest BCUT2D eigenvalue weighted by molar-refractivity contribution is -0.148. The molecule has 1 saturated carbocycles. The Balaban J connectivity index is 2.07. The molecule has 0 saturated heterocycles. The maximum Gasteiger partial charge on any atom is 0.341 e. The second-order valence-corrected chi connectivity index (χ2v) is 12.4. The van der Waals surface area contributed by atoms with E-state index in [0.29, 0.717) is 12.0 Å². The van der Waals surface area contributed by atoms with Crippen LogP contribution in [-0.4, -0.2) is 35.2 Å². The number of hydrogen-bond acceptors (Lipinski definition) is 6.